The highest BCUT2D eigenvalue weighted by atomic mass is 16.5. The third-order valence-corrected chi connectivity index (χ3v) is 2.27. The number of carbonyl (C=O) groups excluding carboxylic acids is 3. The van der Waals surface area contributed by atoms with Crippen LogP contribution in [0.3, 0.4) is 0 Å². The molecule has 0 bridgehead atoms. The van der Waals surface area contributed by atoms with Crippen LogP contribution in [0, 0.1) is 0 Å². The van der Waals surface area contributed by atoms with Gasteiger partial charge in [-0.3, -0.25) is 9.59 Å². The van der Waals surface area contributed by atoms with E-state index in [0.717, 1.165) is 0 Å². The van der Waals surface area contributed by atoms with Crippen molar-refractivity contribution >= 4 is 23.3 Å². The quantitative estimate of drug-likeness (QED) is 0.358. The molecule has 0 saturated heterocycles. The molecule has 0 heterocycles. The summed E-state index contributed by atoms with van der Waals surface area (Å²) in [6, 6.07) is 4.61. The Labute approximate surface area is 117 Å². The Kier molecular flexibility index (Phi) is 4.94. The van der Waals surface area contributed by atoms with Crippen LogP contribution in [0.1, 0.15) is 44.5 Å². The average Bonchev–Trinajstić information content (AvgIpc) is 2.26. The minimum Gasteiger partial charge on any atom is -0.488 e. The molecule has 1 aromatic rings. The van der Waals surface area contributed by atoms with Crippen molar-refractivity contribution in [3.05, 3.63) is 23.8 Å². The van der Waals surface area contributed by atoms with E-state index >= 15 is 0 Å². The van der Waals surface area contributed by atoms with E-state index in [1.54, 1.807) is 6.07 Å². The molecule has 5 nitrogen and oxygen atoms in total. The lowest BCUT2D eigenvalue weighted by molar-refractivity contribution is -0.116. The van der Waals surface area contributed by atoms with E-state index in [1.807, 2.05) is 20.8 Å². The summed E-state index contributed by atoms with van der Waals surface area (Å²) < 4.78 is 5.64. The Morgan fingerprint density at radius 3 is 2.45 bits per heavy atom. The van der Waals surface area contributed by atoms with Gasteiger partial charge in [0.2, 0.25) is 6.08 Å². The number of nitrogens with zero attached hydrogens (tertiary/aromatic N) is 1. The number of rotatable bonds is 5. The first-order valence-electron chi connectivity index (χ1n) is 6.16. The van der Waals surface area contributed by atoms with Crippen LogP contribution in [0.5, 0.6) is 5.75 Å². The molecular formula is C15H17NO4. The summed E-state index contributed by atoms with van der Waals surface area (Å²) >= 11 is 0. The van der Waals surface area contributed by atoms with Gasteiger partial charge in [-0.25, -0.2) is 4.79 Å². The highest BCUT2D eigenvalue weighted by Crippen LogP contribution is 2.28. The number of hydrogen-bond donors (Lipinski definition) is 0. The van der Waals surface area contributed by atoms with Crippen molar-refractivity contribution in [2.24, 2.45) is 4.99 Å². The van der Waals surface area contributed by atoms with E-state index in [4.69, 9.17) is 4.74 Å². The maximum absolute atomic E-state index is 11.9. The van der Waals surface area contributed by atoms with E-state index in [9.17, 15) is 14.4 Å². The van der Waals surface area contributed by atoms with Gasteiger partial charge in [-0.1, -0.05) is 0 Å². The van der Waals surface area contributed by atoms with Crippen molar-refractivity contribution in [3.63, 3.8) is 0 Å². The lowest BCUT2D eigenvalue weighted by Gasteiger charge is -2.21. The maximum Gasteiger partial charge on any atom is 0.240 e. The van der Waals surface area contributed by atoms with Gasteiger partial charge in [-0.05, 0) is 39.8 Å². The van der Waals surface area contributed by atoms with E-state index in [1.165, 1.54) is 25.1 Å². The van der Waals surface area contributed by atoms with Crippen LogP contribution in [0.25, 0.3) is 0 Å². The summed E-state index contributed by atoms with van der Waals surface area (Å²) in [6.07, 6.45) is 1.18. The zero-order valence-corrected chi connectivity index (χ0v) is 12.0. The molecule has 0 saturated carbocycles. The van der Waals surface area contributed by atoms with Crippen molar-refractivity contribution in [1.82, 2.24) is 0 Å². The third kappa shape index (κ3) is 4.78. The minimum atomic E-state index is -0.410. The summed E-state index contributed by atoms with van der Waals surface area (Å²) in [7, 11) is 0. The lowest BCUT2D eigenvalue weighted by Crippen LogP contribution is -2.22. The van der Waals surface area contributed by atoms with Gasteiger partial charge in [0, 0.05) is 11.6 Å². The molecule has 0 aliphatic heterocycles. The van der Waals surface area contributed by atoms with Crippen LogP contribution in [0.2, 0.25) is 0 Å². The largest absolute Gasteiger partial charge is 0.488 e. The van der Waals surface area contributed by atoms with Crippen molar-refractivity contribution in [2.45, 2.75) is 39.7 Å². The Balaban J connectivity index is 3.17. The Morgan fingerprint density at radius 1 is 1.30 bits per heavy atom. The molecule has 0 aliphatic carbocycles. The molecule has 5 heteroatoms. The van der Waals surface area contributed by atoms with Crippen LogP contribution in [0.15, 0.2) is 23.2 Å². The average molecular weight is 275 g/mol. The van der Waals surface area contributed by atoms with Crippen molar-refractivity contribution in [3.8, 4) is 5.75 Å². The van der Waals surface area contributed by atoms with Crippen LogP contribution in [0.4, 0.5) is 5.69 Å². The fourth-order valence-electron chi connectivity index (χ4n) is 1.63. The number of hydrogen-bond acceptors (Lipinski definition) is 5. The normalized spacial score (nSPS) is 10.6. The van der Waals surface area contributed by atoms with Gasteiger partial charge in [-0.2, -0.15) is 4.99 Å². The zero-order chi connectivity index (χ0) is 15.3. The second kappa shape index (κ2) is 6.26. The van der Waals surface area contributed by atoms with Gasteiger partial charge in [0.05, 0.1) is 12.1 Å². The van der Waals surface area contributed by atoms with Gasteiger partial charge < -0.3 is 4.74 Å². The number of benzene rings is 1. The van der Waals surface area contributed by atoms with E-state index in [0.29, 0.717) is 5.75 Å². The summed E-state index contributed by atoms with van der Waals surface area (Å²) in [6.45, 7) is 6.97. The van der Waals surface area contributed by atoms with Gasteiger partial charge in [0.1, 0.15) is 17.1 Å². The molecule has 0 atom stereocenters. The van der Waals surface area contributed by atoms with Gasteiger partial charge >= 0.3 is 0 Å². The summed E-state index contributed by atoms with van der Waals surface area (Å²) in [5.41, 5.74) is -0.0367. The van der Waals surface area contributed by atoms with Crippen molar-refractivity contribution < 1.29 is 19.1 Å². The van der Waals surface area contributed by atoms with Crippen LogP contribution < -0.4 is 4.74 Å². The molecule has 106 valence electrons. The summed E-state index contributed by atoms with van der Waals surface area (Å²) in [4.78, 5) is 36.9. The Bertz CT molecular complexity index is 578. The molecule has 1 rings (SSSR count). The SMILES string of the molecule is CC(=O)CC(=O)c1ccc(OC(C)(C)C)cc1N=C=O. The molecule has 0 spiro atoms. The van der Waals surface area contributed by atoms with Gasteiger partial charge in [0.25, 0.3) is 0 Å². The second-order valence-corrected chi connectivity index (χ2v) is 5.40. The number of isocyanates is 1. The fourth-order valence-corrected chi connectivity index (χ4v) is 1.63. The molecule has 0 aromatic heterocycles. The third-order valence-electron chi connectivity index (χ3n) is 2.27. The predicted molar refractivity (Wildman–Crippen MR) is 74.2 cm³/mol. The first-order chi connectivity index (χ1) is 9.23. The van der Waals surface area contributed by atoms with E-state index < -0.39 is 5.60 Å². The molecule has 0 aliphatic rings. The monoisotopic (exact) mass is 275 g/mol. The van der Waals surface area contributed by atoms with Crippen LogP contribution in [-0.4, -0.2) is 23.2 Å². The number of aliphatic imine (C=N–C) groups is 1. The lowest BCUT2D eigenvalue weighted by atomic mass is 10.0. The maximum atomic E-state index is 11.9. The second-order valence-electron chi connectivity index (χ2n) is 5.40. The van der Waals surface area contributed by atoms with Gasteiger partial charge in [-0.15, -0.1) is 0 Å². The Morgan fingerprint density at radius 2 is 1.95 bits per heavy atom. The molecule has 20 heavy (non-hydrogen) atoms. The first kappa shape index (κ1) is 15.8. The number of carbonyl (C=O) groups is 2. The minimum absolute atomic E-state index is 0.160. The molecule has 1 aromatic carbocycles. The standard InChI is InChI=1S/C15H17NO4/c1-10(18)7-14(19)12-6-5-11(20-15(2,3)4)8-13(12)16-9-17/h5-6,8H,7H2,1-4H3. The topological polar surface area (TPSA) is 72.8 Å². The van der Waals surface area contributed by atoms with E-state index in [-0.39, 0.29) is 29.2 Å². The fraction of sp³-hybridized carbons (Fsp3) is 0.400. The Hall–Kier alpha value is -2.26. The molecular weight excluding hydrogens is 258 g/mol. The van der Waals surface area contributed by atoms with Gasteiger partial charge in [0.15, 0.2) is 5.78 Å². The number of Topliss-reactive ketones (excluding diaryl/α,β-unsaturated/α-hetero) is 2. The van der Waals surface area contributed by atoms with Crippen LogP contribution in [-0.2, 0) is 9.59 Å². The molecule has 0 N–H and O–H groups in total. The molecule has 0 fully saturated rings. The summed E-state index contributed by atoms with van der Waals surface area (Å²) in [5.74, 6) is -0.134. The first-order valence-corrected chi connectivity index (χ1v) is 6.16. The predicted octanol–water partition coefficient (Wildman–Crippen LogP) is 2.99. The van der Waals surface area contributed by atoms with Crippen LogP contribution >= 0.6 is 0 Å². The number of ketones is 2. The zero-order valence-electron chi connectivity index (χ0n) is 12.0. The van der Waals surface area contributed by atoms with Crippen molar-refractivity contribution in [1.29, 1.82) is 0 Å². The van der Waals surface area contributed by atoms with Crippen molar-refractivity contribution in [2.75, 3.05) is 0 Å². The highest BCUT2D eigenvalue weighted by molar-refractivity contribution is 6.10. The highest BCUT2D eigenvalue weighted by Gasteiger charge is 2.17. The molecule has 0 amide bonds. The number of ether oxygens (including phenoxy) is 1. The molecule has 0 radical (unpaired) electrons. The summed E-state index contributed by atoms with van der Waals surface area (Å²) in [5, 5.41) is 0. The van der Waals surface area contributed by atoms with E-state index in [2.05, 4.69) is 4.99 Å². The molecule has 0 unspecified atom stereocenters. The smallest absolute Gasteiger partial charge is 0.240 e.